The van der Waals surface area contributed by atoms with E-state index in [-0.39, 0.29) is 13.1 Å². The summed E-state index contributed by atoms with van der Waals surface area (Å²) in [5.41, 5.74) is 12.1. The van der Waals surface area contributed by atoms with Gasteiger partial charge in [0.25, 0.3) is 5.95 Å². The van der Waals surface area contributed by atoms with Crippen LogP contribution in [-0.4, -0.2) is 18.1 Å². The summed E-state index contributed by atoms with van der Waals surface area (Å²) in [6.45, 7) is 0.266. The maximum absolute atomic E-state index is 13.4. The first-order valence-electron chi connectivity index (χ1n) is 4.15. The van der Waals surface area contributed by atoms with E-state index in [9.17, 15) is 13.2 Å². The average Bonchev–Trinajstić information content (AvgIpc) is 2.27. The second-order valence-electron chi connectivity index (χ2n) is 2.63. The van der Waals surface area contributed by atoms with Gasteiger partial charge in [0.2, 0.25) is 0 Å². The Balaban J connectivity index is 3.26. The van der Waals surface area contributed by atoms with Crippen LogP contribution in [0.3, 0.4) is 0 Å². The van der Waals surface area contributed by atoms with Crippen LogP contribution in [0.1, 0.15) is 0 Å². The molecule has 0 spiro atoms. The van der Waals surface area contributed by atoms with E-state index < -0.39 is 29.1 Å². The molecule has 0 saturated heterocycles. The van der Waals surface area contributed by atoms with Crippen molar-refractivity contribution >= 4 is 11.5 Å². The summed E-state index contributed by atoms with van der Waals surface area (Å²) in [6.07, 6.45) is 0. The third kappa shape index (κ3) is 2.33. The number of nitrogens with one attached hydrogen (secondary N) is 1. The summed E-state index contributed by atoms with van der Waals surface area (Å²) in [5.74, 6) is -4.99. The van der Waals surface area contributed by atoms with E-state index in [1.165, 1.54) is 0 Å². The van der Waals surface area contributed by atoms with Crippen LogP contribution in [0.25, 0.3) is 10.4 Å². The predicted octanol–water partition coefficient (Wildman–Crippen LogP) is 1.81. The Bertz CT molecular complexity index is 442. The van der Waals surface area contributed by atoms with Crippen molar-refractivity contribution in [3.63, 3.8) is 0 Å². The predicted molar refractivity (Wildman–Crippen MR) is 50.5 cm³/mol. The van der Waals surface area contributed by atoms with E-state index in [4.69, 9.17) is 11.3 Å². The lowest BCUT2D eigenvalue weighted by Crippen LogP contribution is -2.15. The van der Waals surface area contributed by atoms with Gasteiger partial charge in [-0.1, -0.05) is 5.11 Å². The van der Waals surface area contributed by atoms with Crippen molar-refractivity contribution < 1.29 is 13.2 Å². The van der Waals surface area contributed by atoms with Crippen molar-refractivity contribution in [1.29, 1.82) is 0 Å². The maximum Gasteiger partial charge on any atom is 0.251 e. The summed E-state index contributed by atoms with van der Waals surface area (Å²) >= 11 is 0. The fraction of sp³-hybridized carbons (Fsp3) is 0.286. The molecule has 0 aliphatic carbocycles. The van der Waals surface area contributed by atoms with Crippen LogP contribution in [0.5, 0.6) is 0 Å². The molecule has 3 N–H and O–H groups in total. The molecule has 6 nitrogen and oxygen atoms in total. The molecule has 0 unspecified atom stereocenters. The molecule has 16 heavy (non-hydrogen) atoms. The lowest BCUT2D eigenvalue weighted by atomic mass is 10.3. The third-order valence-corrected chi connectivity index (χ3v) is 1.60. The molecule has 0 fully saturated rings. The van der Waals surface area contributed by atoms with Crippen LogP contribution in [-0.2, 0) is 0 Å². The highest BCUT2D eigenvalue weighted by Crippen LogP contribution is 2.28. The number of azide groups is 1. The molecule has 9 heteroatoms. The fourth-order valence-corrected chi connectivity index (χ4v) is 0.943. The molecule has 1 aromatic heterocycles. The van der Waals surface area contributed by atoms with E-state index in [0.717, 1.165) is 0 Å². The van der Waals surface area contributed by atoms with Crippen molar-refractivity contribution in [3.05, 3.63) is 28.0 Å². The second kappa shape index (κ2) is 5.19. The number of aromatic nitrogens is 1. The Labute approximate surface area is 87.9 Å². The van der Waals surface area contributed by atoms with Gasteiger partial charge in [0, 0.05) is 18.0 Å². The highest BCUT2D eigenvalue weighted by atomic mass is 19.2. The molecule has 0 aromatic carbocycles. The van der Waals surface area contributed by atoms with Gasteiger partial charge in [-0.3, -0.25) is 0 Å². The number of pyridine rings is 1. The molecule has 0 aliphatic rings. The summed E-state index contributed by atoms with van der Waals surface area (Å²) in [6, 6.07) is 0. The Kier molecular flexibility index (Phi) is 3.92. The van der Waals surface area contributed by atoms with E-state index in [0.29, 0.717) is 0 Å². The minimum absolute atomic E-state index is 0.116. The molecule has 0 aliphatic heterocycles. The Morgan fingerprint density at radius 2 is 2.06 bits per heavy atom. The van der Waals surface area contributed by atoms with Gasteiger partial charge in [0.15, 0.2) is 17.5 Å². The topological polar surface area (TPSA) is 99.7 Å². The van der Waals surface area contributed by atoms with Crippen LogP contribution in [0.4, 0.5) is 24.7 Å². The number of halogens is 3. The molecular weight excluding hydrogens is 225 g/mol. The van der Waals surface area contributed by atoms with Crippen molar-refractivity contribution in [2.75, 3.05) is 18.4 Å². The van der Waals surface area contributed by atoms with Crippen molar-refractivity contribution in [3.8, 4) is 0 Å². The van der Waals surface area contributed by atoms with Gasteiger partial charge >= 0.3 is 0 Å². The Morgan fingerprint density at radius 1 is 1.38 bits per heavy atom. The second-order valence-corrected chi connectivity index (χ2v) is 2.63. The van der Waals surface area contributed by atoms with E-state index in [2.05, 4.69) is 20.3 Å². The van der Waals surface area contributed by atoms with Gasteiger partial charge in [0.05, 0.1) is 0 Å². The van der Waals surface area contributed by atoms with Crippen LogP contribution >= 0.6 is 0 Å². The largest absolute Gasteiger partial charge is 0.366 e. The minimum Gasteiger partial charge on any atom is -0.366 e. The molecule has 0 bridgehead atoms. The summed E-state index contributed by atoms with van der Waals surface area (Å²) in [5, 5.41) is 5.04. The molecular formula is C7H7F3N6. The van der Waals surface area contributed by atoms with E-state index in [1.54, 1.807) is 0 Å². The van der Waals surface area contributed by atoms with Gasteiger partial charge in [-0.2, -0.15) is 9.37 Å². The summed E-state index contributed by atoms with van der Waals surface area (Å²) < 4.78 is 39.2. The first-order chi connectivity index (χ1) is 7.61. The van der Waals surface area contributed by atoms with Crippen LogP contribution in [0.2, 0.25) is 0 Å². The third-order valence-electron chi connectivity index (χ3n) is 1.60. The first kappa shape index (κ1) is 12.1. The van der Waals surface area contributed by atoms with Crippen molar-refractivity contribution in [1.82, 2.24) is 4.98 Å². The Hall–Kier alpha value is -1.99. The summed E-state index contributed by atoms with van der Waals surface area (Å²) in [7, 11) is 0. The van der Waals surface area contributed by atoms with Gasteiger partial charge in [-0.15, -0.1) is 0 Å². The molecule has 0 atom stereocenters. The SMILES string of the molecule is [N-]=[N+]=Nc1c(F)c(F)nc(NCCN)c1F. The number of hydrogen-bond donors (Lipinski definition) is 2. The molecule has 0 radical (unpaired) electrons. The maximum atomic E-state index is 13.4. The van der Waals surface area contributed by atoms with Gasteiger partial charge in [-0.25, -0.2) is 8.78 Å². The van der Waals surface area contributed by atoms with Gasteiger partial charge < -0.3 is 11.1 Å². The smallest absolute Gasteiger partial charge is 0.251 e. The number of anilines is 1. The first-order valence-corrected chi connectivity index (χ1v) is 4.15. The van der Waals surface area contributed by atoms with Crippen molar-refractivity contribution in [2.24, 2.45) is 10.8 Å². The highest BCUT2D eigenvalue weighted by Gasteiger charge is 2.19. The molecule has 86 valence electrons. The summed E-state index contributed by atoms with van der Waals surface area (Å²) in [4.78, 5) is 5.17. The quantitative estimate of drug-likeness (QED) is 0.358. The zero-order valence-electron chi connectivity index (χ0n) is 7.91. The zero-order valence-corrected chi connectivity index (χ0v) is 7.91. The zero-order chi connectivity index (χ0) is 12.1. The lowest BCUT2D eigenvalue weighted by Gasteiger charge is -2.07. The normalized spacial score (nSPS) is 9.75. The monoisotopic (exact) mass is 232 g/mol. The van der Waals surface area contributed by atoms with E-state index >= 15 is 0 Å². The van der Waals surface area contributed by atoms with Gasteiger partial charge in [-0.05, 0) is 5.53 Å². The molecule has 0 amide bonds. The standard InChI is InChI=1S/C7H7F3N6/c8-3-5(15-16-12)4(9)7(13-2-1-11)14-6(3)10/h1-2,11H2,(H,13,14). The molecule has 0 saturated carbocycles. The van der Waals surface area contributed by atoms with E-state index in [1.807, 2.05) is 0 Å². The minimum atomic E-state index is -1.63. The van der Waals surface area contributed by atoms with Gasteiger partial charge in [0.1, 0.15) is 5.69 Å². The Morgan fingerprint density at radius 3 is 2.62 bits per heavy atom. The number of nitrogens with two attached hydrogens (primary N) is 1. The van der Waals surface area contributed by atoms with Crippen LogP contribution < -0.4 is 11.1 Å². The molecule has 1 rings (SSSR count). The lowest BCUT2D eigenvalue weighted by molar-refractivity contribution is 0.469. The highest BCUT2D eigenvalue weighted by molar-refractivity contribution is 5.51. The van der Waals surface area contributed by atoms with Crippen LogP contribution in [0.15, 0.2) is 5.11 Å². The molecule has 1 aromatic rings. The number of hydrogen-bond acceptors (Lipinski definition) is 4. The average molecular weight is 232 g/mol. The fourth-order valence-electron chi connectivity index (χ4n) is 0.943. The van der Waals surface area contributed by atoms with Crippen molar-refractivity contribution in [2.45, 2.75) is 0 Å². The van der Waals surface area contributed by atoms with Crippen LogP contribution in [0, 0.1) is 17.6 Å². The molecule has 1 heterocycles. The number of rotatable bonds is 4. The number of nitrogens with zero attached hydrogens (tertiary/aromatic N) is 4.